The number of nitrogens with zero attached hydrogens (tertiary/aromatic N) is 2. The highest BCUT2D eigenvalue weighted by Gasteiger charge is 2.15. The second-order valence-corrected chi connectivity index (χ2v) is 6.82. The normalized spacial score (nSPS) is 11.4. The van der Waals surface area contributed by atoms with Gasteiger partial charge in [0.1, 0.15) is 0 Å². The number of hydrogen-bond acceptors (Lipinski definition) is 4. The predicted octanol–water partition coefficient (Wildman–Crippen LogP) is 1.39. The lowest BCUT2D eigenvalue weighted by atomic mass is 10.2. The van der Waals surface area contributed by atoms with E-state index in [1.165, 1.54) is 24.4 Å². The number of sulfonamides is 1. The zero-order valence-electron chi connectivity index (χ0n) is 11.3. The van der Waals surface area contributed by atoms with Crippen LogP contribution in [-0.2, 0) is 17.1 Å². The van der Waals surface area contributed by atoms with Gasteiger partial charge in [0.15, 0.2) is 0 Å². The molecule has 1 aromatic heterocycles. The van der Waals surface area contributed by atoms with E-state index in [-0.39, 0.29) is 10.8 Å². The van der Waals surface area contributed by atoms with Gasteiger partial charge in [-0.3, -0.25) is 9.48 Å². The fourth-order valence-electron chi connectivity index (χ4n) is 1.69. The molecular formula is C12H13BrN4O3S. The van der Waals surface area contributed by atoms with Crippen LogP contribution < -0.4 is 10.5 Å². The second kappa shape index (κ2) is 5.58. The smallest absolute Gasteiger partial charge is 0.259 e. The molecule has 7 nitrogen and oxygen atoms in total. The third-order valence-corrected chi connectivity index (χ3v) is 4.56. The molecule has 0 atom stereocenters. The molecule has 1 amide bonds. The van der Waals surface area contributed by atoms with Crippen molar-refractivity contribution in [2.75, 3.05) is 5.32 Å². The number of rotatable bonds is 3. The van der Waals surface area contributed by atoms with Gasteiger partial charge in [0, 0.05) is 17.2 Å². The Morgan fingerprint density at radius 1 is 1.43 bits per heavy atom. The van der Waals surface area contributed by atoms with Crippen molar-refractivity contribution in [2.24, 2.45) is 12.2 Å². The Labute approximate surface area is 130 Å². The fraction of sp³-hybridized carbons (Fsp3) is 0.167. The summed E-state index contributed by atoms with van der Waals surface area (Å²) < 4.78 is 24.5. The van der Waals surface area contributed by atoms with Crippen LogP contribution >= 0.6 is 15.9 Å². The molecule has 112 valence electrons. The predicted molar refractivity (Wildman–Crippen MR) is 81.4 cm³/mol. The Morgan fingerprint density at radius 2 is 2.10 bits per heavy atom. The van der Waals surface area contributed by atoms with Crippen LogP contribution in [0.25, 0.3) is 0 Å². The minimum Gasteiger partial charge on any atom is -0.321 e. The summed E-state index contributed by atoms with van der Waals surface area (Å²) in [6.07, 6.45) is 1.47. The van der Waals surface area contributed by atoms with E-state index in [9.17, 15) is 13.2 Å². The molecule has 0 bridgehead atoms. The van der Waals surface area contributed by atoms with Crippen molar-refractivity contribution in [3.05, 3.63) is 40.1 Å². The molecule has 2 aromatic rings. The molecule has 0 saturated heterocycles. The molecule has 0 aliphatic carbocycles. The first kappa shape index (κ1) is 15.7. The quantitative estimate of drug-likeness (QED) is 0.848. The van der Waals surface area contributed by atoms with Gasteiger partial charge in [-0.05, 0) is 41.1 Å². The summed E-state index contributed by atoms with van der Waals surface area (Å²) in [5.74, 6) is -0.329. The van der Waals surface area contributed by atoms with E-state index in [1.807, 2.05) is 0 Å². The van der Waals surface area contributed by atoms with Crippen molar-refractivity contribution in [1.82, 2.24) is 9.78 Å². The number of halogens is 1. The summed E-state index contributed by atoms with van der Waals surface area (Å²) in [5, 5.41) is 11.7. The van der Waals surface area contributed by atoms with Crippen LogP contribution in [0.3, 0.4) is 0 Å². The lowest BCUT2D eigenvalue weighted by Gasteiger charge is -2.08. The van der Waals surface area contributed by atoms with Gasteiger partial charge in [0.2, 0.25) is 10.0 Å². The number of nitrogens with two attached hydrogens (primary N) is 1. The van der Waals surface area contributed by atoms with Crippen molar-refractivity contribution in [3.63, 3.8) is 0 Å². The average molecular weight is 373 g/mol. The highest BCUT2D eigenvalue weighted by Crippen LogP contribution is 2.26. The first-order chi connectivity index (χ1) is 9.70. The number of carbonyl (C=O) groups is 1. The van der Waals surface area contributed by atoms with Crippen molar-refractivity contribution in [1.29, 1.82) is 0 Å². The lowest BCUT2D eigenvalue weighted by molar-refractivity contribution is 0.102. The van der Waals surface area contributed by atoms with Gasteiger partial charge in [-0.1, -0.05) is 0 Å². The van der Waals surface area contributed by atoms with Crippen LogP contribution in [0.2, 0.25) is 0 Å². The molecule has 9 heteroatoms. The molecule has 0 spiro atoms. The van der Waals surface area contributed by atoms with E-state index in [1.54, 1.807) is 18.7 Å². The topological polar surface area (TPSA) is 107 Å². The summed E-state index contributed by atoms with van der Waals surface area (Å²) in [7, 11) is -2.04. The first-order valence-electron chi connectivity index (χ1n) is 5.82. The SMILES string of the molecule is Cc1c(C(=O)Nc2ccc(S(N)(=O)=O)cc2Br)cnn1C. The molecule has 2 rings (SSSR count). The summed E-state index contributed by atoms with van der Waals surface area (Å²) in [5.41, 5.74) is 1.61. The number of carbonyl (C=O) groups excluding carboxylic acids is 1. The largest absolute Gasteiger partial charge is 0.321 e. The maximum Gasteiger partial charge on any atom is 0.259 e. The zero-order valence-corrected chi connectivity index (χ0v) is 13.7. The van der Waals surface area contributed by atoms with Crippen LogP contribution in [-0.4, -0.2) is 24.1 Å². The molecule has 0 aliphatic rings. The van der Waals surface area contributed by atoms with E-state index in [4.69, 9.17) is 5.14 Å². The molecule has 0 radical (unpaired) electrons. The number of benzene rings is 1. The Hall–Kier alpha value is -1.71. The Morgan fingerprint density at radius 3 is 2.57 bits per heavy atom. The molecule has 1 heterocycles. The van der Waals surface area contributed by atoms with Crippen LogP contribution in [0.15, 0.2) is 33.8 Å². The minimum absolute atomic E-state index is 0.0371. The van der Waals surface area contributed by atoms with Gasteiger partial charge in [0.25, 0.3) is 5.91 Å². The van der Waals surface area contributed by atoms with Crippen LogP contribution in [0, 0.1) is 6.92 Å². The number of aryl methyl sites for hydroxylation is 1. The van der Waals surface area contributed by atoms with E-state index in [0.717, 1.165) is 5.69 Å². The van der Waals surface area contributed by atoms with Crippen molar-refractivity contribution < 1.29 is 13.2 Å². The molecule has 0 saturated carbocycles. The van der Waals surface area contributed by atoms with Crippen molar-refractivity contribution in [2.45, 2.75) is 11.8 Å². The summed E-state index contributed by atoms with van der Waals surface area (Å²) in [6, 6.07) is 4.13. The van der Waals surface area contributed by atoms with Gasteiger partial charge in [-0.15, -0.1) is 0 Å². The molecule has 0 unspecified atom stereocenters. The van der Waals surface area contributed by atoms with Gasteiger partial charge >= 0.3 is 0 Å². The average Bonchev–Trinajstić information content (AvgIpc) is 2.71. The van der Waals surface area contributed by atoms with Gasteiger partial charge in [-0.25, -0.2) is 13.6 Å². The van der Waals surface area contributed by atoms with E-state index in [2.05, 4.69) is 26.3 Å². The highest BCUT2D eigenvalue weighted by molar-refractivity contribution is 9.10. The second-order valence-electron chi connectivity index (χ2n) is 4.41. The molecule has 3 N–H and O–H groups in total. The van der Waals surface area contributed by atoms with Gasteiger partial charge < -0.3 is 5.32 Å². The van der Waals surface area contributed by atoms with E-state index < -0.39 is 10.0 Å². The van der Waals surface area contributed by atoms with Crippen LogP contribution in [0.5, 0.6) is 0 Å². The highest BCUT2D eigenvalue weighted by atomic mass is 79.9. The summed E-state index contributed by atoms with van der Waals surface area (Å²) >= 11 is 3.21. The molecular weight excluding hydrogens is 360 g/mol. The van der Waals surface area contributed by atoms with Crippen LogP contribution in [0.4, 0.5) is 5.69 Å². The number of primary sulfonamides is 1. The Kier molecular flexibility index (Phi) is 4.17. The third kappa shape index (κ3) is 3.31. The van der Waals surface area contributed by atoms with Gasteiger partial charge in [0.05, 0.1) is 22.3 Å². The Bertz CT molecular complexity index is 814. The number of hydrogen-bond donors (Lipinski definition) is 2. The van der Waals surface area contributed by atoms with Crippen molar-refractivity contribution in [3.8, 4) is 0 Å². The molecule has 0 aliphatic heterocycles. The third-order valence-electron chi connectivity index (χ3n) is 3.00. The number of nitrogens with one attached hydrogen (secondary N) is 1. The summed E-state index contributed by atoms with van der Waals surface area (Å²) in [6.45, 7) is 1.78. The van der Waals surface area contributed by atoms with Crippen LogP contribution in [0.1, 0.15) is 16.1 Å². The summed E-state index contributed by atoms with van der Waals surface area (Å²) in [4.78, 5) is 12.1. The monoisotopic (exact) mass is 372 g/mol. The van der Waals surface area contributed by atoms with E-state index >= 15 is 0 Å². The van der Waals surface area contributed by atoms with Crippen molar-refractivity contribution >= 4 is 37.5 Å². The Balaban J connectivity index is 2.28. The first-order valence-corrected chi connectivity index (χ1v) is 8.16. The van der Waals surface area contributed by atoms with Gasteiger partial charge in [-0.2, -0.15) is 5.10 Å². The fourth-order valence-corrected chi connectivity index (χ4v) is 2.85. The molecule has 1 aromatic carbocycles. The number of aromatic nitrogens is 2. The molecule has 0 fully saturated rings. The maximum atomic E-state index is 12.2. The number of anilines is 1. The standard InChI is InChI=1S/C12H13BrN4O3S/c1-7-9(6-15-17(7)2)12(18)16-11-4-3-8(5-10(11)13)21(14,19)20/h3-6H,1-2H3,(H,16,18)(H2,14,19,20). The minimum atomic E-state index is -3.78. The number of amides is 1. The zero-order chi connectivity index (χ0) is 15.8. The lowest BCUT2D eigenvalue weighted by Crippen LogP contribution is -2.15. The molecule has 21 heavy (non-hydrogen) atoms. The van der Waals surface area contributed by atoms with E-state index in [0.29, 0.717) is 15.7 Å². The maximum absolute atomic E-state index is 12.2.